The minimum atomic E-state index is -0.0552. The van der Waals surface area contributed by atoms with E-state index in [1.165, 1.54) is 0 Å². The Morgan fingerprint density at radius 1 is 1.27 bits per heavy atom. The third kappa shape index (κ3) is 9.56. The summed E-state index contributed by atoms with van der Waals surface area (Å²) in [5.41, 5.74) is 1.66. The van der Waals surface area contributed by atoms with Gasteiger partial charge in [-0.25, -0.2) is 4.99 Å². The van der Waals surface area contributed by atoms with Crippen molar-refractivity contribution in [2.75, 3.05) is 60.1 Å². The SMILES string of the molecule is CCNC(=NCc1cccc(C(=O)NCCN(C)C)c1)NCCCOC1CCOC1. The third-order valence-electron chi connectivity index (χ3n) is 4.65. The van der Waals surface area contributed by atoms with E-state index in [0.29, 0.717) is 31.9 Å². The van der Waals surface area contributed by atoms with Gasteiger partial charge in [0.05, 0.1) is 19.3 Å². The first-order valence-corrected chi connectivity index (χ1v) is 10.8. The highest BCUT2D eigenvalue weighted by molar-refractivity contribution is 5.94. The van der Waals surface area contributed by atoms with E-state index < -0.39 is 0 Å². The number of aliphatic imine (C=N–C) groups is 1. The lowest BCUT2D eigenvalue weighted by molar-refractivity contribution is 0.0420. The van der Waals surface area contributed by atoms with Crippen LogP contribution in [-0.4, -0.2) is 83.0 Å². The molecule has 1 saturated heterocycles. The quantitative estimate of drug-likeness (QED) is 0.268. The van der Waals surface area contributed by atoms with Gasteiger partial charge in [0.2, 0.25) is 0 Å². The lowest BCUT2D eigenvalue weighted by atomic mass is 10.1. The molecule has 1 amide bonds. The van der Waals surface area contributed by atoms with Crippen LogP contribution < -0.4 is 16.0 Å². The second-order valence-electron chi connectivity index (χ2n) is 7.59. The zero-order valence-corrected chi connectivity index (χ0v) is 18.6. The minimum absolute atomic E-state index is 0.0552. The average molecular weight is 420 g/mol. The average Bonchev–Trinajstić information content (AvgIpc) is 3.25. The fourth-order valence-corrected chi connectivity index (χ4v) is 2.99. The summed E-state index contributed by atoms with van der Waals surface area (Å²) in [6.45, 7) is 7.79. The van der Waals surface area contributed by atoms with Gasteiger partial charge in [-0.15, -0.1) is 0 Å². The molecule has 0 spiro atoms. The highest BCUT2D eigenvalue weighted by atomic mass is 16.5. The molecule has 1 fully saturated rings. The summed E-state index contributed by atoms with van der Waals surface area (Å²) >= 11 is 0. The molecule has 1 heterocycles. The van der Waals surface area contributed by atoms with E-state index in [-0.39, 0.29) is 12.0 Å². The number of likely N-dealkylation sites (N-methyl/N-ethyl adjacent to an activating group) is 1. The van der Waals surface area contributed by atoms with Crippen molar-refractivity contribution in [1.29, 1.82) is 0 Å². The molecule has 0 aromatic heterocycles. The maximum absolute atomic E-state index is 12.3. The Kier molecular flexibility index (Phi) is 11.2. The van der Waals surface area contributed by atoms with Crippen molar-refractivity contribution in [1.82, 2.24) is 20.9 Å². The van der Waals surface area contributed by atoms with Gasteiger partial charge in [0.1, 0.15) is 0 Å². The van der Waals surface area contributed by atoms with Crippen LogP contribution in [0.4, 0.5) is 0 Å². The van der Waals surface area contributed by atoms with Crippen LogP contribution >= 0.6 is 0 Å². The first-order valence-electron chi connectivity index (χ1n) is 10.8. The Hall–Kier alpha value is -2.16. The number of ether oxygens (including phenoxy) is 2. The molecule has 30 heavy (non-hydrogen) atoms. The molecule has 1 aliphatic rings. The first kappa shape index (κ1) is 24.1. The van der Waals surface area contributed by atoms with Gasteiger partial charge in [-0.1, -0.05) is 12.1 Å². The Morgan fingerprint density at radius 2 is 2.13 bits per heavy atom. The maximum atomic E-state index is 12.3. The van der Waals surface area contributed by atoms with E-state index in [2.05, 4.69) is 20.9 Å². The van der Waals surface area contributed by atoms with Crippen molar-refractivity contribution < 1.29 is 14.3 Å². The number of nitrogens with zero attached hydrogens (tertiary/aromatic N) is 2. The van der Waals surface area contributed by atoms with Crippen molar-refractivity contribution in [3.63, 3.8) is 0 Å². The van der Waals surface area contributed by atoms with E-state index in [1.807, 2.05) is 50.2 Å². The van der Waals surface area contributed by atoms with E-state index in [4.69, 9.17) is 9.47 Å². The Morgan fingerprint density at radius 3 is 2.87 bits per heavy atom. The maximum Gasteiger partial charge on any atom is 0.251 e. The van der Waals surface area contributed by atoms with E-state index >= 15 is 0 Å². The molecular formula is C22H37N5O3. The van der Waals surface area contributed by atoms with Crippen LogP contribution in [0.3, 0.4) is 0 Å². The number of hydrogen-bond acceptors (Lipinski definition) is 5. The number of amides is 1. The molecule has 1 aromatic carbocycles. The normalized spacial score (nSPS) is 16.7. The van der Waals surface area contributed by atoms with E-state index in [1.54, 1.807) is 0 Å². The Bertz CT molecular complexity index is 660. The fourth-order valence-electron chi connectivity index (χ4n) is 2.99. The molecular weight excluding hydrogens is 382 g/mol. The number of carbonyl (C=O) groups excluding carboxylic acids is 1. The molecule has 8 heteroatoms. The van der Waals surface area contributed by atoms with Crippen molar-refractivity contribution in [2.24, 2.45) is 4.99 Å². The van der Waals surface area contributed by atoms with Crippen molar-refractivity contribution in [3.8, 4) is 0 Å². The van der Waals surface area contributed by atoms with Gasteiger partial charge in [0.25, 0.3) is 5.91 Å². The Balaban J connectivity index is 1.77. The van der Waals surface area contributed by atoms with Crippen LogP contribution in [0.2, 0.25) is 0 Å². The summed E-state index contributed by atoms with van der Waals surface area (Å²) in [6.07, 6.45) is 2.15. The standard InChI is InChI=1S/C22H37N5O3/c1-4-23-22(25-10-6-13-30-20-9-14-29-17-20)26-16-18-7-5-8-19(15-18)21(28)24-11-12-27(2)3/h5,7-8,15,20H,4,6,9-14,16-17H2,1-3H3,(H,24,28)(H2,23,25,26). The lowest BCUT2D eigenvalue weighted by Crippen LogP contribution is -2.38. The fraction of sp³-hybridized carbons (Fsp3) is 0.636. The number of carbonyl (C=O) groups is 1. The van der Waals surface area contributed by atoms with E-state index in [9.17, 15) is 4.79 Å². The number of guanidine groups is 1. The van der Waals surface area contributed by atoms with Crippen molar-refractivity contribution in [2.45, 2.75) is 32.4 Å². The van der Waals surface area contributed by atoms with Gasteiger partial charge in [0.15, 0.2) is 5.96 Å². The summed E-state index contributed by atoms with van der Waals surface area (Å²) in [5.74, 6) is 0.711. The predicted molar refractivity (Wildman–Crippen MR) is 120 cm³/mol. The molecule has 1 unspecified atom stereocenters. The zero-order valence-electron chi connectivity index (χ0n) is 18.6. The van der Waals surface area contributed by atoms with Crippen LogP contribution in [0.5, 0.6) is 0 Å². The molecule has 8 nitrogen and oxygen atoms in total. The third-order valence-corrected chi connectivity index (χ3v) is 4.65. The number of rotatable bonds is 12. The molecule has 168 valence electrons. The van der Waals surface area contributed by atoms with E-state index in [0.717, 1.165) is 50.6 Å². The van der Waals surface area contributed by atoms with Crippen LogP contribution in [0.15, 0.2) is 29.3 Å². The largest absolute Gasteiger partial charge is 0.379 e. The highest BCUT2D eigenvalue weighted by Crippen LogP contribution is 2.08. The number of nitrogens with one attached hydrogen (secondary N) is 3. The molecule has 0 radical (unpaired) electrons. The van der Waals surface area contributed by atoms with Crippen LogP contribution in [0.25, 0.3) is 0 Å². The zero-order chi connectivity index (χ0) is 21.6. The monoisotopic (exact) mass is 419 g/mol. The van der Waals surface area contributed by atoms with Gasteiger partial charge >= 0.3 is 0 Å². The summed E-state index contributed by atoms with van der Waals surface area (Å²) in [5, 5.41) is 9.53. The number of hydrogen-bond donors (Lipinski definition) is 3. The van der Waals surface area contributed by atoms with Gasteiger partial charge in [-0.3, -0.25) is 4.79 Å². The van der Waals surface area contributed by atoms with Crippen LogP contribution in [-0.2, 0) is 16.0 Å². The second-order valence-corrected chi connectivity index (χ2v) is 7.59. The molecule has 1 aliphatic heterocycles. The highest BCUT2D eigenvalue weighted by Gasteiger charge is 2.15. The van der Waals surface area contributed by atoms with Crippen LogP contribution in [0.1, 0.15) is 35.7 Å². The summed E-state index contributed by atoms with van der Waals surface area (Å²) in [4.78, 5) is 19.0. The summed E-state index contributed by atoms with van der Waals surface area (Å²) in [6, 6.07) is 7.62. The van der Waals surface area contributed by atoms with Gasteiger partial charge in [-0.2, -0.15) is 0 Å². The Labute approximate surface area is 180 Å². The molecule has 0 aliphatic carbocycles. The smallest absolute Gasteiger partial charge is 0.251 e. The van der Waals surface area contributed by atoms with Gasteiger partial charge < -0.3 is 30.3 Å². The molecule has 2 rings (SSSR count). The van der Waals surface area contributed by atoms with Gasteiger partial charge in [0, 0.05) is 45.0 Å². The van der Waals surface area contributed by atoms with Crippen LogP contribution in [0, 0.1) is 0 Å². The summed E-state index contributed by atoms with van der Waals surface area (Å²) < 4.78 is 11.1. The molecule has 1 atom stereocenters. The second kappa shape index (κ2) is 14.0. The van der Waals surface area contributed by atoms with Crippen molar-refractivity contribution >= 4 is 11.9 Å². The minimum Gasteiger partial charge on any atom is -0.379 e. The lowest BCUT2D eigenvalue weighted by Gasteiger charge is -2.13. The molecule has 0 saturated carbocycles. The van der Waals surface area contributed by atoms with Gasteiger partial charge in [-0.05, 0) is 51.6 Å². The predicted octanol–water partition coefficient (Wildman–Crippen LogP) is 1.23. The first-order chi connectivity index (χ1) is 14.6. The number of benzene rings is 1. The molecule has 1 aromatic rings. The summed E-state index contributed by atoms with van der Waals surface area (Å²) in [7, 11) is 3.97. The topological polar surface area (TPSA) is 87.2 Å². The van der Waals surface area contributed by atoms with Crippen molar-refractivity contribution in [3.05, 3.63) is 35.4 Å². The molecule has 3 N–H and O–H groups in total. The molecule has 0 bridgehead atoms.